The number of thioether (sulfide) groups is 1. The summed E-state index contributed by atoms with van der Waals surface area (Å²) >= 11 is 1.50. The van der Waals surface area contributed by atoms with Crippen LogP contribution in [0.25, 0.3) is 11.0 Å². The van der Waals surface area contributed by atoms with Crippen molar-refractivity contribution in [2.45, 2.75) is 4.90 Å². The predicted octanol–water partition coefficient (Wildman–Crippen LogP) is 0.889. The van der Waals surface area contributed by atoms with E-state index in [1.165, 1.54) is 11.8 Å². The minimum absolute atomic E-state index is 0.127. The molecule has 2 rings (SSSR count). The number of nitrogen functional groups attached to an aromatic ring is 1. The summed E-state index contributed by atoms with van der Waals surface area (Å²) in [7, 11) is 0. The van der Waals surface area contributed by atoms with Gasteiger partial charge in [-0.2, -0.15) is 0 Å². The summed E-state index contributed by atoms with van der Waals surface area (Å²) in [5, 5.41) is 16.2. The van der Waals surface area contributed by atoms with Gasteiger partial charge >= 0.3 is 0 Å². The first kappa shape index (κ1) is 9.29. The number of hydrogen-bond donors (Lipinski definition) is 2. The van der Waals surface area contributed by atoms with Crippen molar-refractivity contribution in [3.8, 4) is 0 Å². The fourth-order valence-corrected chi connectivity index (χ4v) is 1.88. The Hall–Kier alpha value is -1.27. The zero-order valence-corrected chi connectivity index (χ0v) is 8.12. The molecule has 0 saturated carbocycles. The van der Waals surface area contributed by atoms with Gasteiger partial charge in [-0.15, -0.1) is 11.8 Å². The van der Waals surface area contributed by atoms with Gasteiger partial charge in [-0.1, -0.05) is 0 Å². The number of benzene rings is 1. The van der Waals surface area contributed by atoms with E-state index < -0.39 is 0 Å². The second kappa shape index (κ2) is 3.85. The van der Waals surface area contributed by atoms with Crippen molar-refractivity contribution in [1.82, 2.24) is 10.3 Å². The smallest absolute Gasteiger partial charge is 0.159 e. The van der Waals surface area contributed by atoms with Gasteiger partial charge in [0, 0.05) is 10.6 Å². The van der Waals surface area contributed by atoms with Crippen LogP contribution in [0.15, 0.2) is 21.7 Å². The summed E-state index contributed by atoms with van der Waals surface area (Å²) in [4.78, 5) is 0.921. The number of aliphatic hydroxyl groups excluding tert-OH is 1. The van der Waals surface area contributed by atoms with E-state index in [2.05, 4.69) is 14.9 Å². The fourth-order valence-electron chi connectivity index (χ4n) is 1.14. The zero-order valence-electron chi connectivity index (χ0n) is 7.30. The molecular weight excluding hydrogens is 202 g/mol. The molecule has 0 aliphatic rings. The van der Waals surface area contributed by atoms with Gasteiger partial charge in [-0.25, -0.2) is 4.63 Å². The van der Waals surface area contributed by atoms with Crippen molar-refractivity contribution >= 4 is 28.5 Å². The van der Waals surface area contributed by atoms with Crippen LogP contribution in [-0.4, -0.2) is 27.8 Å². The van der Waals surface area contributed by atoms with Gasteiger partial charge < -0.3 is 10.8 Å². The maximum Gasteiger partial charge on any atom is 0.159 e. The second-order valence-electron chi connectivity index (χ2n) is 2.69. The molecule has 74 valence electrons. The van der Waals surface area contributed by atoms with Crippen molar-refractivity contribution in [2.75, 3.05) is 18.1 Å². The monoisotopic (exact) mass is 211 g/mol. The Morgan fingerprint density at radius 3 is 2.93 bits per heavy atom. The maximum absolute atomic E-state index is 8.70. The van der Waals surface area contributed by atoms with Crippen LogP contribution in [0.3, 0.4) is 0 Å². The summed E-state index contributed by atoms with van der Waals surface area (Å²) in [6, 6.07) is 3.61. The minimum Gasteiger partial charge on any atom is -0.397 e. The van der Waals surface area contributed by atoms with Crippen LogP contribution in [0.1, 0.15) is 0 Å². The molecule has 0 unspecified atom stereocenters. The number of rotatable bonds is 3. The lowest BCUT2D eigenvalue weighted by atomic mass is 10.3. The highest BCUT2D eigenvalue weighted by molar-refractivity contribution is 7.99. The van der Waals surface area contributed by atoms with E-state index in [9.17, 15) is 0 Å². The van der Waals surface area contributed by atoms with E-state index in [1.54, 1.807) is 6.07 Å². The number of hydrogen-bond acceptors (Lipinski definition) is 6. The molecular formula is C8H9N3O2S. The van der Waals surface area contributed by atoms with Gasteiger partial charge in [-0.05, 0) is 22.4 Å². The average molecular weight is 211 g/mol. The van der Waals surface area contributed by atoms with Crippen molar-refractivity contribution < 1.29 is 9.74 Å². The van der Waals surface area contributed by atoms with Gasteiger partial charge in [0.05, 0.1) is 12.3 Å². The highest BCUT2D eigenvalue weighted by Gasteiger charge is 2.09. The molecule has 1 aromatic carbocycles. The summed E-state index contributed by atoms with van der Waals surface area (Å²) in [5.74, 6) is 0.617. The lowest BCUT2D eigenvalue weighted by molar-refractivity contribution is 0.315. The molecule has 14 heavy (non-hydrogen) atoms. The molecule has 3 N–H and O–H groups in total. The lowest BCUT2D eigenvalue weighted by Gasteiger charge is -1.99. The number of anilines is 1. The first-order valence-corrected chi connectivity index (χ1v) is 5.06. The van der Waals surface area contributed by atoms with Crippen LogP contribution in [0.2, 0.25) is 0 Å². The van der Waals surface area contributed by atoms with Crippen molar-refractivity contribution in [2.24, 2.45) is 0 Å². The first-order chi connectivity index (χ1) is 6.83. The lowest BCUT2D eigenvalue weighted by Crippen LogP contribution is -1.90. The number of aromatic nitrogens is 2. The van der Waals surface area contributed by atoms with Gasteiger partial charge in [0.25, 0.3) is 0 Å². The quantitative estimate of drug-likeness (QED) is 0.579. The molecule has 0 aliphatic carbocycles. The predicted molar refractivity (Wildman–Crippen MR) is 54.0 cm³/mol. The Bertz CT molecular complexity index is 443. The standard InChI is InChI=1S/C8H9N3O2S/c9-5-1-2-6(14-4-3-12)8-7(5)10-13-11-8/h1-2,12H,3-4,9H2. The van der Waals surface area contributed by atoms with Crippen LogP contribution in [-0.2, 0) is 0 Å². The van der Waals surface area contributed by atoms with Gasteiger partial charge in [-0.3, -0.25) is 0 Å². The summed E-state index contributed by atoms with van der Waals surface area (Å²) < 4.78 is 4.61. The molecule has 0 aliphatic heterocycles. The number of nitrogens with two attached hydrogens (primary N) is 1. The Morgan fingerprint density at radius 2 is 2.14 bits per heavy atom. The summed E-state index contributed by atoms with van der Waals surface area (Å²) in [5.41, 5.74) is 7.46. The number of fused-ring (bicyclic) bond motifs is 1. The molecule has 2 aromatic rings. The van der Waals surface area contributed by atoms with Crippen molar-refractivity contribution in [3.05, 3.63) is 12.1 Å². The Morgan fingerprint density at radius 1 is 1.36 bits per heavy atom. The average Bonchev–Trinajstić information content (AvgIpc) is 2.66. The van der Waals surface area contributed by atoms with E-state index in [1.807, 2.05) is 6.07 Å². The van der Waals surface area contributed by atoms with Gasteiger partial charge in [0.2, 0.25) is 0 Å². The topological polar surface area (TPSA) is 85.2 Å². The van der Waals surface area contributed by atoms with Crippen LogP contribution < -0.4 is 5.73 Å². The third kappa shape index (κ3) is 1.53. The fraction of sp³-hybridized carbons (Fsp3) is 0.250. The van der Waals surface area contributed by atoms with E-state index >= 15 is 0 Å². The highest BCUT2D eigenvalue weighted by atomic mass is 32.2. The third-order valence-corrected chi connectivity index (χ3v) is 2.79. The molecule has 0 spiro atoms. The molecule has 1 heterocycles. The van der Waals surface area contributed by atoms with Crippen LogP contribution in [0.5, 0.6) is 0 Å². The normalized spacial score (nSPS) is 10.9. The molecule has 0 amide bonds. The molecule has 0 fully saturated rings. The van der Waals surface area contributed by atoms with Crippen LogP contribution >= 0.6 is 11.8 Å². The van der Waals surface area contributed by atoms with E-state index in [0.717, 1.165) is 4.90 Å². The highest BCUT2D eigenvalue weighted by Crippen LogP contribution is 2.28. The molecule has 0 bridgehead atoms. The Kier molecular flexibility index (Phi) is 2.55. The maximum atomic E-state index is 8.70. The second-order valence-corrected chi connectivity index (χ2v) is 3.82. The van der Waals surface area contributed by atoms with Crippen molar-refractivity contribution in [3.63, 3.8) is 0 Å². The van der Waals surface area contributed by atoms with Crippen molar-refractivity contribution in [1.29, 1.82) is 0 Å². The number of nitrogens with zero attached hydrogens (tertiary/aromatic N) is 2. The minimum atomic E-state index is 0.127. The number of aliphatic hydroxyl groups is 1. The summed E-state index contributed by atoms with van der Waals surface area (Å²) in [6.45, 7) is 0.127. The Labute approximate surface area is 84.2 Å². The van der Waals surface area contributed by atoms with Crippen LogP contribution in [0, 0.1) is 0 Å². The molecule has 0 radical (unpaired) electrons. The SMILES string of the molecule is Nc1ccc(SCCO)c2nonc12. The summed E-state index contributed by atoms with van der Waals surface area (Å²) in [6.07, 6.45) is 0. The molecule has 6 heteroatoms. The third-order valence-electron chi connectivity index (χ3n) is 1.76. The Balaban J connectivity index is 2.45. The van der Waals surface area contributed by atoms with E-state index in [4.69, 9.17) is 10.8 Å². The molecule has 0 atom stereocenters. The largest absolute Gasteiger partial charge is 0.397 e. The van der Waals surface area contributed by atoms with E-state index in [-0.39, 0.29) is 6.61 Å². The molecule has 1 aromatic heterocycles. The molecule has 0 saturated heterocycles. The first-order valence-electron chi connectivity index (χ1n) is 4.07. The van der Waals surface area contributed by atoms with Gasteiger partial charge in [0.1, 0.15) is 0 Å². The van der Waals surface area contributed by atoms with Crippen LogP contribution in [0.4, 0.5) is 5.69 Å². The molecule has 5 nitrogen and oxygen atoms in total. The van der Waals surface area contributed by atoms with Gasteiger partial charge in [0.15, 0.2) is 11.0 Å². The van der Waals surface area contributed by atoms with E-state index in [0.29, 0.717) is 22.5 Å². The zero-order chi connectivity index (χ0) is 9.97.